The molecule has 2 heterocycles. The third-order valence-corrected chi connectivity index (χ3v) is 10.7. The van der Waals surface area contributed by atoms with Crippen LogP contribution in [-0.4, -0.2) is 83.0 Å². The number of ether oxygens (including phenoxy) is 4. The maximum Gasteiger partial charge on any atom is 0.408 e. The highest BCUT2D eigenvalue weighted by molar-refractivity contribution is 7.98. The van der Waals surface area contributed by atoms with Crippen LogP contribution in [0.2, 0.25) is 0 Å². The van der Waals surface area contributed by atoms with Gasteiger partial charge in [-0.05, 0) is 103 Å². The second-order valence-corrected chi connectivity index (χ2v) is 16.2. The highest BCUT2D eigenvalue weighted by Gasteiger charge is 2.43. The summed E-state index contributed by atoms with van der Waals surface area (Å²) < 4.78 is 26.2. The first-order chi connectivity index (χ1) is 25.3. The zero-order chi connectivity index (χ0) is 38.3. The zero-order valence-corrected chi connectivity index (χ0v) is 32.6. The summed E-state index contributed by atoms with van der Waals surface area (Å²) in [5, 5.41) is 4.09. The van der Waals surface area contributed by atoms with Gasteiger partial charge in [0.25, 0.3) is 0 Å². The van der Waals surface area contributed by atoms with Crippen LogP contribution < -0.4 is 30.0 Å². The van der Waals surface area contributed by atoms with Gasteiger partial charge >= 0.3 is 6.09 Å². The molecular formula is C39H55N5O8S. The number of pyridine rings is 1. The van der Waals surface area contributed by atoms with E-state index in [1.807, 2.05) is 26.0 Å². The SMILES string of the molecule is CCOc1cc(O[C@@H]2CC(C(N)=O)N(C(=O)[C@H](CCCCC/C=C\C3CC3C(=O)NSC3CC3)NC(=O)OC(C)(C)C)C2)c2ccc(OC)c(C)c2n1. The van der Waals surface area contributed by atoms with Crippen LogP contribution in [0.1, 0.15) is 91.0 Å². The van der Waals surface area contributed by atoms with Gasteiger partial charge in [-0.3, -0.25) is 19.1 Å². The second kappa shape index (κ2) is 17.7. The molecule has 0 bridgehead atoms. The lowest BCUT2D eigenvalue weighted by Crippen LogP contribution is -2.53. The molecule has 1 saturated heterocycles. The van der Waals surface area contributed by atoms with Gasteiger partial charge in [-0.15, -0.1) is 0 Å². The molecule has 3 unspecified atom stereocenters. The highest BCUT2D eigenvalue weighted by Crippen LogP contribution is 2.41. The van der Waals surface area contributed by atoms with Gasteiger partial charge in [0.2, 0.25) is 23.6 Å². The molecule has 4 amide bonds. The number of carbonyl (C=O) groups excluding carboxylic acids is 4. The number of methoxy groups -OCH3 is 1. The fourth-order valence-corrected chi connectivity index (χ4v) is 7.38. The van der Waals surface area contributed by atoms with Gasteiger partial charge in [-0.25, -0.2) is 9.78 Å². The van der Waals surface area contributed by atoms with Crippen molar-refractivity contribution in [3.63, 3.8) is 0 Å². The molecule has 53 heavy (non-hydrogen) atoms. The van der Waals surface area contributed by atoms with E-state index in [9.17, 15) is 19.2 Å². The van der Waals surface area contributed by atoms with E-state index in [1.165, 1.54) is 17.7 Å². The monoisotopic (exact) mass is 753 g/mol. The number of likely N-dealkylation sites (tertiary alicyclic amines) is 1. The van der Waals surface area contributed by atoms with Crippen molar-refractivity contribution in [1.29, 1.82) is 0 Å². The number of hydrogen-bond acceptors (Lipinski definition) is 10. The molecule has 4 N–H and O–H groups in total. The Morgan fingerprint density at radius 3 is 2.57 bits per heavy atom. The van der Waals surface area contributed by atoms with Crippen LogP contribution in [0, 0.1) is 18.8 Å². The summed E-state index contributed by atoms with van der Waals surface area (Å²) in [7, 11) is 1.60. The first-order valence-corrected chi connectivity index (χ1v) is 19.6. The van der Waals surface area contributed by atoms with Gasteiger partial charge in [-0.1, -0.05) is 25.0 Å². The van der Waals surface area contributed by atoms with E-state index < -0.39 is 41.7 Å². The lowest BCUT2D eigenvalue weighted by molar-refractivity contribution is -0.139. The summed E-state index contributed by atoms with van der Waals surface area (Å²) in [5.41, 5.74) is 6.56. The number of hydrogen-bond donors (Lipinski definition) is 3. The number of alkyl carbamates (subject to hydrolysis) is 1. The average Bonchev–Trinajstić information content (AvgIpc) is 4.03. The van der Waals surface area contributed by atoms with Crippen LogP contribution in [0.3, 0.4) is 0 Å². The normalized spacial score (nSPS) is 21.7. The van der Waals surface area contributed by atoms with Crippen molar-refractivity contribution in [2.45, 2.75) is 121 Å². The van der Waals surface area contributed by atoms with Gasteiger partial charge in [-0.2, -0.15) is 0 Å². The van der Waals surface area contributed by atoms with Crippen molar-refractivity contribution in [3.8, 4) is 17.4 Å². The Balaban J connectivity index is 1.21. The van der Waals surface area contributed by atoms with Crippen molar-refractivity contribution in [2.75, 3.05) is 20.3 Å². The van der Waals surface area contributed by atoms with Crippen LogP contribution in [0.4, 0.5) is 4.79 Å². The molecule has 1 aromatic carbocycles. The molecule has 1 aliphatic heterocycles. The standard InChI is InChI=1S/C39H55N5O8S/c1-7-50-33-21-32(27-17-18-31(49-6)23(2)34(27)42-33)51-25-20-30(35(40)45)44(22-25)37(47)29(41-38(48)52-39(3,4)5)14-12-10-8-9-11-13-24-19-28(24)36(46)43-53-26-15-16-26/h11,13,17-18,21,24-26,28-30H,7-10,12,14-16,19-20,22H2,1-6H3,(H2,40,45)(H,41,48)(H,43,46)/b13-11-/t24?,25-,28?,29+,30?/m1/s1. The molecule has 3 aliphatic rings. The van der Waals surface area contributed by atoms with Crippen molar-refractivity contribution in [1.82, 2.24) is 19.9 Å². The number of benzene rings is 1. The number of nitrogens with zero attached hydrogens (tertiary/aromatic N) is 2. The summed E-state index contributed by atoms with van der Waals surface area (Å²) >= 11 is 1.56. The average molecular weight is 754 g/mol. The van der Waals surface area contributed by atoms with Crippen LogP contribution in [0.15, 0.2) is 30.4 Å². The third kappa shape index (κ3) is 11.2. The maximum atomic E-state index is 14.2. The molecule has 2 aliphatic carbocycles. The van der Waals surface area contributed by atoms with Crippen LogP contribution >= 0.6 is 11.9 Å². The summed E-state index contributed by atoms with van der Waals surface area (Å²) in [6.07, 6.45) is 10.0. The van der Waals surface area contributed by atoms with Crippen LogP contribution in [-0.2, 0) is 19.1 Å². The number of aryl methyl sites for hydroxylation is 1. The first-order valence-electron chi connectivity index (χ1n) is 18.8. The van der Waals surface area contributed by atoms with Gasteiger partial charge in [0.15, 0.2) is 0 Å². The van der Waals surface area contributed by atoms with E-state index in [-0.39, 0.29) is 24.8 Å². The highest BCUT2D eigenvalue weighted by atomic mass is 32.2. The Bertz CT molecular complexity index is 1680. The number of fused-ring (bicyclic) bond motifs is 1. The van der Waals surface area contributed by atoms with E-state index in [0.29, 0.717) is 53.5 Å². The minimum absolute atomic E-state index is 0.0768. The smallest absolute Gasteiger partial charge is 0.408 e. The second-order valence-electron chi connectivity index (χ2n) is 15.1. The number of nitrogens with two attached hydrogens (primary N) is 1. The summed E-state index contributed by atoms with van der Waals surface area (Å²) in [6, 6.07) is 3.55. The fraction of sp³-hybridized carbons (Fsp3) is 0.615. The summed E-state index contributed by atoms with van der Waals surface area (Å²) in [4.78, 5) is 58.1. The molecule has 14 heteroatoms. The summed E-state index contributed by atoms with van der Waals surface area (Å²) in [6.45, 7) is 9.52. The number of unbranched alkanes of at least 4 members (excludes halogenated alkanes) is 3. The van der Waals surface area contributed by atoms with Crippen molar-refractivity contribution in [3.05, 3.63) is 35.9 Å². The van der Waals surface area contributed by atoms with Gasteiger partial charge in [0.1, 0.15) is 35.3 Å². The number of primary amides is 1. The maximum absolute atomic E-state index is 14.2. The molecule has 2 saturated carbocycles. The number of carbonyl (C=O) groups is 4. The van der Waals surface area contributed by atoms with Crippen LogP contribution in [0.5, 0.6) is 17.4 Å². The predicted octanol–water partition coefficient (Wildman–Crippen LogP) is 5.75. The predicted molar refractivity (Wildman–Crippen MR) is 204 cm³/mol. The number of nitrogens with one attached hydrogen (secondary N) is 2. The van der Waals surface area contributed by atoms with Crippen LogP contribution in [0.25, 0.3) is 10.9 Å². The lowest BCUT2D eigenvalue weighted by atomic mass is 10.0. The zero-order valence-electron chi connectivity index (χ0n) is 31.8. The van der Waals surface area contributed by atoms with Crippen molar-refractivity contribution >= 4 is 46.7 Å². The van der Waals surface area contributed by atoms with Crippen molar-refractivity contribution in [2.24, 2.45) is 17.6 Å². The Hall–Kier alpha value is -4.20. The number of rotatable bonds is 18. The molecule has 0 radical (unpaired) electrons. The molecule has 5 atom stereocenters. The molecule has 2 aromatic rings. The number of amides is 4. The molecule has 290 valence electrons. The molecular weight excluding hydrogens is 699 g/mol. The number of aromatic nitrogens is 1. The molecule has 13 nitrogen and oxygen atoms in total. The van der Waals surface area contributed by atoms with E-state index in [1.54, 1.807) is 45.9 Å². The Morgan fingerprint density at radius 1 is 1.11 bits per heavy atom. The summed E-state index contributed by atoms with van der Waals surface area (Å²) in [5.74, 6) is 0.994. The fourth-order valence-electron chi connectivity index (χ4n) is 6.57. The Kier molecular flexibility index (Phi) is 13.4. The van der Waals surface area contributed by atoms with E-state index in [2.05, 4.69) is 27.2 Å². The largest absolute Gasteiger partial charge is 0.496 e. The minimum atomic E-state index is -0.929. The molecule has 3 fully saturated rings. The third-order valence-electron chi connectivity index (χ3n) is 9.57. The molecule has 0 spiro atoms. The van der Waals surface area contributed by atoms with Crippen molar-refractivity contribution < 1.29 is 38.1 Å². The van der Waals surface area contributed by atoms with Gasteiger partial charge < -0.3 is 34.9 Å². The Labute approximate surface area is 316 Å². The van der Waals surface area contributed by atoms with E-state index >= 15 is 0 Å². The first kappa shape index (κ1) is 40.0. The van der Waals surface area contributed by atoms with Gasteiger partial charge in [0, 0.05) is 34.6 Å². The van der Waals surface area contributed by atoms with E-state index in [4.69, 9.17) is 24.7 Å². The van der Waals surface area contributed by atoms with Gasteiger partial charge in [0.05, 0.1) is 25.8 Å². The molecule has 5 rings (SSSR count). The molecule has 1 aromatic heterocycles. The lowest BCUT2D eigenvalue weighted by Gasteiger charge is -2.28. The number of allylic oxidation sites excluding steroid dienone is 2. The topological polar surface area (TPSA) is 171 Å². The Morgan fingerprint density at radius 2 is 1.89 bits per heavy atom. The minimum Gasteiger partial charge on any atom is -0.496 e. The van der Waals surface area contributed by atoms with E-state index in [0.717, 1.165) is 36.6 Å². The quantitative estimate of drug-likeness (QED) is 0.0968.